The molecule has 0 aliphatic carbocycles. The third kappa shape index (κ3) is 4.54. The fourth-order valence-electron chi connectivity index (χ4n) is 3.52. The second kappa shape index (κ2) is 9.58. The maximum atomic E-state index is 10.5. The van der Waals surface area contributed by atoms with E-state index in [9.17, 15) is 15.3 Å². The molecule has 33 heavy (non-hydrogen) atoms. The molecule has 1 aromatic carbocycles. The van der Waals surface area contributed by atoms with E-state index in [0.29, 0.717) is 11.4 Å². The summed E-state index contributed by atoms with van der Waals surface area (Å²) in [6.07, 6.45) is -2.48. The van der Waals surface area contributed by atoms with Crippen LogP contribution in [0, 0.1) is 0 Å². The molecule has 1 aliphatic heterocycles. The average Bonchev–Trinajstić information content (AvgIpc) is 3.34. The number of anilines is 2. The van der Waals surface area contributed by atoms with Gasteiger partial charge in [-0.1, -0.05) is 25.6 Å². The Bertz CT molecular complexity index is 1120. The van der Waals surface area contributed by atoms with Gasteiger partial charge in [-0.15, -0.1) is 0 Å². The molecule has 0 amide bonds. The largest absolute Gasteiger partial charge is 0.487 e. The van der Waals surface area contributed by atoms with E-state index in [-0.39, 0.29) is 29.5 Å². The van der Waals surface area contributed by atoms with E-state index in [0.717, 1.165) is 6.42 Å². The van der Waals surface area contributed by atoms with Crippen LogP contribution < -0.4 is 21.3 Å². The molecule has 0 spiro atoms. The van der Waals surface area contributed by atoms with Crippen LogP contribution in [-0.2, 0) is 11.2 Å². The molecule has 2 aromatic heterocycles. The summed E-state index contributed by atoms with van der Waals surface area (Å²) in [7, 11) is 0. The quantitative estimate of drug-likeness (QED) is 0.240. The normalized spacial score (nSPS) is 22.4. The lowest BCUT2D eigenvalue weighted by atomic mass is 10.1. The van der Waals surface area contributed by atoms with Gasteiger partial charge in [0, 0.05) is 0 Å². The zero-order valence-corrected chi connectivity index (χ0v) is 18.0. The Morgan fingerprint density at radius 3 is 2.67 bits per heavy atom. The standard InChI is InChI=1S/C21H27N7O5/c1-3-12-4-6-13(7-5-12)32-9-11(2)26-27-21-25-15-18(22)23-10-24-19(15)28(21)20-17(31)16(30)14(8-29)33-20/h4-7,10,14,16-17,20,26,29-31H,2-3,8-9H2,1H3,(H,25,27)(H2,22,23,24)/t14-,16-,17-,20-/m0/s1. The average molecular weight is 457 g/mol. The van der Waals surface area contributed by atoms with Gasteiger partial charge in [0.2, 0.25) is 5.95 Å². The summed E-state index contributed by atoms with van der Waals surface area (Å²) in [5, 5.41) is 30.1. The third-order valence-electron chi connectivity index (χ3n) is 5.37. The van der Waals surface area contributed by atoms with Gasteiger partial charge in [-0.3, -0.25) is 15.4 Å². The van der Waals surface area contributed by atoms with Crippen LogP contribution in [0.5, 0.6) is 5.75 Å². The number of hydrogen-bond acceptors (Lipinski definition) is 11. The Hall–Kier alpha value is -3.45. The van der Waals surface area contributed by atoms with Crippen molar-refractivity contribution in [3.8, 4) is 5.75 Å². The molecule has 0 bridgehead atoms. The number of ether oxygens (including phenoxy) is 2. The van der Waals surface area contributed by atoms with Crippen LogP contribution in [0.15, 0.2) is 42.9 Å². The highest BCUT2D eigenvalue weighted by Gasteiger charge is 2.45. The van der Waals surface area contributed by atoms with Gasteiger partial charge in [-0.25, -0.2) is 15.0 Å². The van der Waals surface area contributed by atoms with Crippen LogP contribution in [-0.4, -0.2) is 66.4 Å². The van der Waals surface area contributed by atoms with Crippen LogP contribution in [0.3, 0.4) is 0 Å². The highest BCUT2D eigenvalue weighted by molar-refractivity contribution is 5.84. The van der Waals surface area contributed by atoms with Crippen molar-refractivity contribution in [2.45, 2.75) is 37.9 Å². The molecule has 12 heteroatoms. The first-order valence-electron chi connectivity index (χ1n) is 10.4. The van der Waals surface area contributed by atoms with Crippen molar-refractivity contribution in [2.75, 3.05) is 24.4 Å². The molecule has 3 aromatic rings. The van der Waals surface area contributed by atoms with Crippen molar-refractivity contribution in [1.82, 2.24) is 24.9 Å². The maximum absolute atomic E-state index is 10.5. The number of benzene rings is 1. The fourth-order valence-corrected chi connectivity index (χ4v) is 3.52. The Labute approximate surface area is 189 Å². The molecule has 1 saturated heterocycles. The summed E-state index contributed by atoms with van der Waals surface area (Å²) < 4.78 is 12.8. The van der Waals surface area contributed by atoms with Gasteiger partial charge in [-0.05, 0) is 24.1 Å². The van der Waals surface area contributed by atoms with Crippen molar-refractivity contribution in [3.63, 3.8) is 0 Å². The molecule has 0 radical (unpaired) electrons. The van der Waals surface area contributed by atoms with Gasteiger partial charge in [0.05, 0.1) is 12.3 Å². The molecule has 4 rings (SSSR count). The molecule has 0 unspecified atom stereocenters. The first kappa shape index (κ1) is 22.7. The van der Waals surface area contributed by atoms with Crippen LogP contribution in [0.2, 0.25) is 0 Å². The number of imidazole rings is 1. The zero-order valence-electron chi connectivity index (χ0n) is 18.0. The number of hydrogen-bond donors (Lipinski definition) is 6. The number of nitrogen functional groups attached to an aromatic ring is 1. The minimum Gasteiger partial charge on any atom is -0.487 e. The number of hydrazine groups is 1. The minimum absolute atomic E-state index is 0.131. The highest BCUT2D eigenvalue weighted by Crippen LogP contribution is 2.34. The third-order valence-corrected chi connectivity index (χ3v) is 5.37. The predicted molar refractivity (Wildman–Crippen MR) is 120 cm³/mol. The topological polar surface area (TPSA) is 173 Å². The van der Waals surface area contributed by atoms with Crippen molar-refractivity contribution < 1.29 is 24.8 Å². The SMILES string of the molecule is C=C(COc1ccc(CC)cc1)NNc1nc2c(N)ncnc2n1[C@H]1O[C@@H](CO)[C@H](O)[C@@H]1O. The van der Waals surface area contributed by atoms with Gasteiger partial charge in [-0.2, -0.15) is 0 Å². The molecule has 4 atom stereocenters. The van der Waals surface area contributed by atoms with Gasteiger partial charge in [0.15, 0.2) is 23.2 Å². The molecular weight excluding hydrogens is 430 g/mol. The number of rotatable bonds is 9. The van der Waals surface area contributed by atoms with Gasteiger partial charge in [0.1, 0.15) is 37.0 Å². The van der Waals surface area contributed by atoms with E-state index in [1.54, 1.807) is 0 Å². The maximum Gasteiger partial charge on any atom is 0.226 e. The smallest absolute Gasteiger partial charge is 0.226 e. The number of aliphatic hydroxyl groups excluding tert-OH is 3. The van der Waals surface area contributed by atoms with E-state index in [1.165, 1.54) is 16.5 Å². The number of fused-ring (bicyclic) bond motifs is 1. The molecule has 0 saturated carbocycles. The Kier molecular flexibility index (Phi) is 6.60. The number of nitrogens with one attached hydrogen (secondary N) is 2. The second-order valence-corrected chi connectivity index (χ2v) is 7.61. The summed E-state index contributed by atoms with van der Waals surface area (Å²) >= 11 is 0. The summed E-state index contributed by atoms with van der Waals surface area (Å²) in [6.45, 7) is 5.72. The fraction of sp³-hybridized carbons (Fsp3) is 0.381. The first-order chi connectivity index (χ1) is 15.9. The Balaban J connectivity index is 1.50. The zero-order chi connectivity index (χ0) is 23.5. The van der Waals surface area contributed by atoms with Crippen molar-refractivity contribution in [2.24, 2.45) is 0 Å². The molecule has 7 N–H and O–H groups in total. The lowest BCUT2D eigenvalue weighted by molar-refractivity contribution is -0.0502. The Morgan fingerprint density at radius 1 is 1.24 bits per heavy atom. The van der Waals surface area contributed by atoms with E-state index in [4.69, 9.17) is 15.2 Å². The minimum atomic E-state index is -1.34. The summed E-state index contributed by atoms with van der Waals surface area (Å²) in [6, 6.07) is 7.78. The number of aryl methyl sites for hydroxylation is 1. The van der Waals surface area contributed by atoms with E-state index >= 15 is 0 Å². The van der Waals surface area contributed by atoms with E-state index in [2.05, 4.69) is 39.3 Å². The molecule has 12 nitrogen and oxygen atoms in total. The van der Waals surface area contributed by atoms with Crippen LogP contribution in [0.25, 0.3) is 11.2 Å². The van der Waals surface area contributed by atoms with Crippen LogP contribution in [0.4, 0.5) is 11.8 Å². The van der Waals surface area contributed by atoms with Crippen molar-refractivity contribution >= 4 is 22.9 Å². The first-order valence-corrected chi connectivity index (χ1v) is 10.4. The molecular formula is C21H27N7O5. The van der Waals surface area contributed by atoms with E-state index in [1.807, 2.05) is 24.3 Å². The second-order valence-electron chi connectivity index (χ2n) is 7.61. The van der Waals surface area contributed by atoms with E-state index < -0.39 is 31.1 Å². The van der Waals surface area contributed by atoms with Gasteiger partial charge in [0.25, 0.3) is 0 Å². The number of aromatic nitrogens is 4. The van der Waals surface area contributed by atoms with Crippen molar-refractivity contribution in [1.29, 1.82) is 0 Å². The molecule has 1 aliphatic rings. The number of nitrogens with zero attached hydrogens (tertiary/aromatic N) is 4. The molecule has 3 heterocycles. The van der Waals surface area contributed by atoms with Crippen LogP contribution in [0.1, 0.15) is 18.7 Å². The predicted octanol–water partition coefficient (Wildman–Crippen LogP) is 0.0916. The number of nitrogens with two attached hydrogens (primary N) is 1. The molecule has 176 valence electrons. The monoisotopic (exact) mass is 457 g/mol. The lowest BCUT2D eigenvalue weighted by Crippen LogP contribution is -2.33. The Morgan fingerprint density at radius 2 is 2.00 bits per heavy atom. The van der Waals surface area contributed by atoms with Crippen molar-refractivity contribution in [3.05, 3.63) is 48.4 Å². The van der Waals surface area contributed by atoms with Gasteiger partial charge < -0.3 is 30.5 Å². The summed E-state index contributed by atoms with van der Waals surface area (Å²) in [4.78, 5) is 12.5. The highest BCUT2D eigenvalue weighted by atomic mass is 16.6. The van der Waals surface area contributed by atoms with Crippen LogP contribution >= 0.6 is 0 Å². The summed E-state index contributed by atoms with van der Waals surface area (Å²) in [5.74, 6) is 1.02. The lowest BCUT2D eigenvalue weighted by Gasteiger charge is -2.20. The number of aliphatic hydroxyl groups is 3. The van der Waals surface area contributed by atoms with Gasteiger partial charge >= 0.3 is 0 Å². The molecule has 1 fully saturated rings. The summed E-state index contributed by atoms with van der Waals surface area (Å²) in [5.41, 5.74) is 14.0.